The number of carbonyl (C=O) groups excluding carboxylic acids is 1. The summed E-state index contributed by atoms with van der Waals surface area (Å²) in [4.78, 5) is 25.1. The van der Waals surface area contributed by atoms with Crippen LogP contribution in [0, 0.1) is 6.92 Å². The molecule has 0 radical (unpaired) electrons. The van der Waals surface area contributed by atoms with Gasteiger partial charge in [-0.1, -0.05) is 30.0 Å². The Morgan fingerprint density at radius 3 is 2.70 bits per heavy atom. The van der Waals surface area contributed by atoms with Crippen molar-refractivity contribution in [3.05, 3.63) is 52.7 Å². The zero-order valence-electron chi connectivity index (χ0n) is 15.5. The number of hydrogen-bond acceptors (Lipinski definition) is 5. The number of nitrogens with zero attached hydrogens (tertiary/aromatic N) is 5. The summed E-state index contributed by atoms with van der Waals surface area (Å²) in [6.07, 6.45) is 1.95. The Morgan fingerprint density at radius 1 is 1.26 bits per heavy atom. The zero-order chi connectivity index (χ0) is 19.4. The fourth-order valence-electron chi connectivity index (χ4n) is 2.72. The van der Waals surface area contributed by atoms with Crippen molar-refractivity contribution in [2.75, 3.05) is 11.1 Å². The first-order chi connectivity index (χ1) is 13.0. The number of aromatic nitrogens is 5. The highest BCUT2D eigenvalue weighted by atomic mass is 32.2. The van der Waals surface area contributed by atoms with Crippen LogP contribution in [0.25, 0.3) is 5.69 Å². The standard InChI is InChI=1S/C18H22N6O2S/c1-4-23-12-19-21-18(23)27-11-10-15(25)20-16-13(2)22(3)24(17(16)26)14-8-6-5-7-9-14/h5-9,12H,4,10-11H2,1-3H3,(H,20,25). The number of aryl methyl sites for hydroxylation is 1. The predicted molar refractivity (Wildman–Crippen MR) is 105 cm³/mol. The molecule has 0 unspecified atom stereocenters. The monoisotopic (exact) mass is 386 g/mol. The molecule has 3 aromatic rings. The predicted octanol–water partition coefficient (Wildman–Crippen LogP) is 2.22. The molecule has 0 bridgehead atoms. The van der Waals surface area contributed by atoms with E-state index in [9.17, 15) is 9.59 Å². The molecule has 27 heavy (non-hydrogen) atoms. The molecule has 0 aliphatic carbocycles. The third-order valence-corrected chi connectivity index (χ3v) is 5.28. The van der Waals surface area contributed by atoms with Crippen molar-refractivity contribution in [1.29, 1.82) is 0 Å². The minimum atomic E-state index is -0.243. The van der Waals surface area contributed by atoms with Gasteiger partial charge in [0, 0.05) is 25.8 Å². The van der Waals surface area contributed by atoms with Crippen LogP contribution in [0.4, 0.5) is 5.69 Å². The summed E-state index contributed by atoms with van der Waals surface area (Å²) in [5.41, 5.74) is 1.53. The molecule has 0 saturated heterocycles. The highest BCUT2D eigenvalue weighted by Crippen LogP contribution is 2.17. The summed E-state index contributed by atoms with van der Waals surface area (Å²) in [6, 6.07) is 9.34. The molecule has 1 aromatic carbocycles. The van der Waals surface area contributed by atoms with Crippen LogP contribution in [-0.2, 0) is 18.4 Å². The van der Waals surface area contributed by atoms with Crippen molar-refractivity contribution in [2.24, 2.45) is 7.05 Å². The van der Waals surface area contributed by atoms with E-state index in [1.807, 2.05) is 48.7 Å². The Labute approximate surface area is 161 Å². The summed E-state index contributed by atoms with van der Waals surface area (Å²) in [5, 5.41) is 11.5. The number of anilines is 1. The van der Waals surface area contributed by atoms with Crippen LogP contribution in [0.3, 0.4) is 0 Å². The van der Waals surface area contributed by atoms with Gasteiger partial charge in [0.05, 0.1) is 11.4 Å². The highest BCUT2D eigenvalue weighted by Gasteiger charge is 2.18. The molecular formula is C18H22N6O2S. The fourth-order valence-corrected chi connectivity index (χ4v) is 3.64. The van der Waals surface area contributed by atoms with E-state index in [-0.39, 0.29) is 17.9 Å². The molecule has 0 aliphatic rings. The lowest BCUT2D eigenvalue weighted by Crippen LogP contribution is -2.23. The van der Waals surface area contributed by atoms with Gasteiger partial charge in [0.2, 0.25) is 5.91 Å². The number of carbonyl (C=O) groups is 1. The second kappa shape index (κ2) is 8.26. The smallest absolute Gasteiger partial charge is 0.295 e. The second-order valence-electron chi connectivity index (χ2n) is 5.98. The molecular weight excluding hydrogens is 364 g/mol. The van der Waals surface area contributed by atoms with Gasteiger partial charge in [0.1, 0.15) is 12.0 Å². The summed E-state index contributed by atoms with van der Waals surface area (Å²) in [5.74, 6) is 0.361. The molecule has 2 aromatic heterocycles. The van der Waals surface area contributed by atoms with Crippen molar-refractivity contribution in [3.63, 3.8) is 0 Å². The summed E-state index contributed by atoms with van der Waals surface area (Å²) >= 11 is 1.47. The first-order valence-corrected chi connectivity index (χ1v) is 9.66. The van der Waals surface area contributed by atoms with Crippen LogP contribution in [0.1, 0.15) is 19.0 Å². The van der Waals surface area contributed by atoms with Gasteiger partial charge in [0.25, 0.3) is 5.56 Å². The van der Waals surface area contributed by atoms with E-state index >= 15 is 0 Å². The topological polar surface area (TPSA) is 86.7 Å². The molecule has 0 fully saturated rings. The van der Waals surface area contributed by atoms with Gasteiger partial charge in [-0.15, -0.1) is 10.2 Å². The minimum Gasteiger partial charge on any atom is -0.320 e. The normalized spacial score (nSPS) is 10.9. The lowest BCUT2D eigenvalue weighted by atomic mass is 10.3. The Bertz CT molecular complexity index is 989. The molecule has 0 spiro atoms. The van der Waals surface area contributed by atoms with E-state index in [2.05, 4.69) is 15.5 Å². The quantitative estimate of drug-likeness (QED) is 0.629. The van der Waals surface area contributed by atoms with E-state index in [1.54, 1.807) is 22.7 Å². The number of hydrogen-bond donors (Lipinski definition) is 1. The number of benzene rings is 1. The number of para-hydroxylation sites is 1. The van der Waals surface area contributed by atoms with Gasteiger partial charge in [-0.05, 0) is 26.0 Å². The van der Waals surface area contributed by atoms with Gasteiger partial charge >= 0.3 is 0 Å². The van der Waals surface area contributed by atoms with E-state index in [0.717, 1.165) is 17.4 Å². The van der Waals surface area contributed by atoms with Gasteiger partial charge in [-0.25, -0.2) is 4.68 Å². The minimum absolute atomic E-state index is 0.198. The molecule has 142 valence electrons. The molecule has 0 aliphatic heterocycles. The van der Waals surface area contributed by atoms with Crippen molar-refractivity contribution < 1.29 is 4.79 Å². The maximum Gasteiger partial charge on any atom is 0.295 e. The zero-order valence-corrected chi connectivity index (χ0v) is 16.4. The SMILES string of the molecule is CCn1cnnc1SCCC(=O)Nc1c(C)n(C)n(-c2ccccc2)c1=O. The van der Waals surface area contributed by atoms with Gasteiger partial charge < -0.3 is 9.88 Å². The lowest BCUT2D eigenvalue weighted by molar-refractivity contribution is -0.115. The van der Waals surface area contributed by atoms with E-state index < -0.39 is 0 Å². The van der Waals surface area contributed by atoms with Crippen molar-refractivity contribution >= 4 is 23.4 Å². The Kier molecular flexibility index (Phi) is 5.80. The fraction of sp³-hybridized carbons (Fsp3) is 0.333. The molecule has 9 heteroatoms. The number of rotatable bonds is 7. The van der Waals surface area contributed by atoms with Crippen molar-refractivity contribution in [3.8, 4) is 5.69 Å². The van der Waals surface area contributed by atoms with Crippen LogP contribution in [0.5, 0.6) is 0 Å². The van der Waals surface area contributed by atoms with Crippen LogP contribution in [0.15, 0.2) is 46.6 Å². The van der Waals surface area contributed by atoms with Gasteiger partial charge in [-0.2, -0.15) is 0 Å². The van der Waals surface area contributed by atoms with Crippen LogP contribution >= 0.6 is 11.8 Å². The Morgan fingerprint density at radius 2 is 2.00 bits per heavy atom. The van der Waals surface area contributed by atoms with Gasteiger partial charge in [0.15, 0.2) is 5.16 Å². The van der Waals surface area contributed by atoms with Crippen LogP contribution < -0.4 is 10.9 Å². The lowest BCUT2D eigenvalue weighted by Gasteiger charge is -2.07. The number of thioether (sulfide) groups is 1. The largest absolute Gasteiger partial charge is 0.320 e. The maximum atomic E-state index is 12.8. The van der Waals surface area contributed by atoms with Crippen molar-refractivity contribution in [2.45, 2.75) is 32.0 Å². The molecule has 0 saturated carbocycles. The molecule has 3 rings (SSSR count). The average Bonchev–Trinajstić information content (AvgIpc) is 3.21. The van der Waals surface area contributed by atoms with Crippen LogP contribution in [0.2, 0.25) is 0 Å². The first kappa shape index (κ1) is 19.0. The van der Waals surface area contributed by atoms with E-state index in [1.165, 1.54) is 11.8 Å². The molecule has 1 N–H and O–H groups in total. The number of amides is 1. The van der Waals surface area contributed by atoms with Gasteiger partial charge in [-0.3, -0.25) is 14.3 Å². The molecule has 0 atom stereocenters. The molecule has 2 heterocycles. The molecule has 1 amide bonds. The highest BCUT2D eigenvalue weighted by molar-refractivity contribution is 7.99. The summed E-state index contributed by atoms with van der Waals surface area (Å²) < 4.78 is 5.21. The Balaban J connectivity index is 1.69. The third-order valence-electron chi connectivity index (χ3n) is 4.30. The second-order valence-corrected chi connectivity index (χ2v) is 7.04. The summed E-state index contributed by atoms with van der Waals surface area (Å²) in [7, 11) is 1.80. The van der Waals surface area contributed by atoms with Crippen molar-refractivity contribution in [1.82, 2.24) is 24.1 Å². The maximum absolute atomic E-state index is 12.8. The van der Waals surface area contributed by atoms with E-state index in [4.69, 9.17) is 0 Å². The third kappa shape index (κ3) is 3.97. The Hall–Kier alpha value is -2.81. The number of nitrogens with one attached hydrogen (secondary N) is 1. The summed E-state index contributed by atoms with van der Waals surface area (Å²) in [6.45, 7) is 4.61. The average molecular weight is 386 g/mol. The first-order valence-electron chi connectivity index (χ1n) is 8.67. The molecule has 8 nitrogen and oxygen atoms in total. The van der Waals surface area contributed by atoms with Crippen LogP contribution in [-0.4, -0.2) is 35.8 Å². The van der Waals surface area contributed by atoms with E-state index in [0.29, 0.717) is 17.1 Å².